The highest BCUT2D eigenvalue weighted by Crippen LogP contribution is 2.26. The van der Waals surface area contributed by atoms with Crippen LogP contribution in [0.1, 0.15) is 13.3 Å². The summed E-state index contributed by atoms with van der Waals surface area (Å²) in [4.78, 5) is 25.5. The Hall–Kier alpha value is -1.65. The SMILES string of the molecule is CC1(C(N)=O)C=CN=C(C(N)=O)C1. The first kappa shape index (κ1) is 9.44. The molecule has 0 spiro atoms. The van der Waals surface area contributed by atoms with E-state index in [2.05, 4.69) is 4.99 Å². The topological polar surface area (TPSA) is 98.5 Å². The number of aliphatic imine (C=N–C) groups is 1. The van der Waals surface area contributed by atoms with Gasteiger partial charge in [0, 0.05) is 12.6 Å². The molecule has 13 heavy (non-hydrogen) atoms. The first-order valence-electron chi connectivity index (χ1n) is 3.80. The highest BCUT2D eigenvalue weighted by Gasteiger charge is 2.33. The molecule has 1 heterocycles. The van der Waals surface area contributed by atoms with Crippen LogP contribution in [0.25, 0.3) is 0 Å². The van der Waals surface area contributed by atoms with Crippen LogP contribution in [0.3, 0.4) is 0 Å². The summed E-state index contributed by atoms with van der Waals surface area (Å²) in [5.41, 5.74) is 9.54. The van der Waals surface area contributed by atoms with Gasteiger partial charge in [-0.25, -0.2) is 0 Å². The number of carbonyl (C=O) groups is 2. The third kappa shape index (κ3) is 1.74. The van der Waals surface area contributed by atoms with E-state index < -0.39 is 17.2 Å². The average Bonchev–Trinajstić information content (AvgIpc) is 2.04. The fourth-order valence-electron chi connectivity index (χ4n) is 1.06. The van der Waals surface area contributed by atoms with Gasteiger partial charge in [-0.05, 0) is 6.92 Å². The molecular formula is C8H11N3O2. The van der Waals surface area contributed by atoms with Gasteiger partial charge in [0.15, 0.2) is 0 Å². The van der Waals surface area contributed by atoms with Crippen LogP contribution >= 0.6 is 0 Å². The molecule has 0 saturated carbocycles. The van der Waals surface area contributed by atoms with Crippen LogP contribution in [0, 0.1) is 5.41 Å². The summed E-state index contributed by atoms with van der Waals surface area (Å²) in [6.07, 6.45) is 3.13. The molecule has 0 bridgehead atoms. The van der Waals surface area contributed by atoms with Gasteiger partial charge in [0.05, 0.1) is 5.41 Å². The Morgan fingerprint density at radius 1 is 1.54 bits per heavy atom. The quantitative estimate of drug-likeness (QED) is 0.590. The summed E-state index contributed by atoms with van der Waals surface area (Å²) >= 11 is 0. The van der Waals surface area contributed by atoms with E-state index in [1.54, 1.807) is 13.0 Å². The van der Waals surface area contributed by atoms with Gasteiger partial charge < -0.3 is 11.5 Å². The molecule has 5 heteroatoms. The maximum Gasteiger partial charge on any atom is 0.263 e. The number of hydrogen-bond donors (Lipinski definition) is 2. The van der Waals surface area contributed by atoms with Gasteiger partial charge in [-0.3, -0.25) is 14.6 Å². The second-order valence-corrected chi connectivity index (χ2v) is 3.21. The molecule has 0 aromatic heterocycles. The molecule has 0 saturated heterocycles. The molecule has 1 rings (SSSR count). The number of amides is 2. The van der Waals surface area contributed by atoms with Crippen molar-refractivity contribution in [2.75, 3.05) is 0 Å². The van der Waals surface area contributed by atoms with Crippen molar-refractivity contribution in [3.8, 4) is 0 Å². The first-order chi connectivity index (χ1) is 5.96. The summed E-state index contributed by atoms with van der Waals surface area (Å²) in [7, 11) is 0. The molecule has 4 N–H and O–H groups in total. The molecule has 1 unspecified atom stereocenters. The predicted octanol–water partition coefficient (Wildman–Crippen LogP) is -0.678. The summed E-state index contributed by atoms with van der Waals surface area (Å²) in [6.45, 7) is 1.64. The van der Waals surface area contributed by atoms with Crippen molar-refractivity contribution < 1.29 is 9.59 Å². The zero-order valence-electron chi connectivity index (χ0n) is 7.28. The van der Waals surface area contributed by atoms with Crippen LogP contribution in [0.2, 0.25) is 0 Å². The van der Waals surface area contributed by atoms with Gasteiger partial charge in [0.2, 0.25) is 5.91 Å². The van der Waals surface area contributed by atoms with Crippen molar-refractivity contribution in [1.82, 2.24) is 0 Å². The molecule has 1 aliphatic rings. The summed E-state index contributed by atoms with van der Waals surface area (Å²) in [6, 6.07) is 0. The number of nitrogens with two attached hydrogens (primary N) is 2. The Morgan fingerprint density at radius 3 is 2.62 bits per heavy atom. The van der Waals surface area contributed by atoms with Gasteiger partial charge in [0.25, 0.3) is 5.91 Å². The number of primary amides is 2. The van der Waals surface area contributed by atoms with E-state index in [1.807, 2.05) is 0 Å². The molecule has 0 aliphatic carbocycles. The third-order valence-electron chi connectivity index (χ3n) is 2.05. The Kier molecular flexibility index (Phi) is 2.18. The molecular weight excluding hydrogens is 170 g/mol. The van der Waals surface area contributed by atoms with Crippen LogP contribution in [0.15, 0.2) is 17.3 Å². The molecule has 0 radical (unpaired) electrons. The lowest BCUT2D eigenvalue weighted by atomic mass is 9.82. The number of rotatable bonds is 2. The monoisotopic (exact) mass is 181 g/mol. The van der Waals surface area contributed by atoms with Gasteiger partial charge in [-0.15, -0.1) is 0 Å². The number of nitrogens with zero attached hydrogens (tertiary/aromatic N) is 1. The van der Waals surface area contributed by atoms with Crippen LogP contribution < -0.4 is 11.5 Å². The van der Waals surface area contributed by atoms with Gasteiger partial charge in [-0.1, -0.05) is 6.08 Å². The molecule has 0 aromatic carbocycles. The maximum absolute atomic E-state index is 11.0. The Balaban J connectivity index is 2.92. The van der Waals surface area contributed by atoms with Crippen molar-refractivity contribution >= 4 is 17.5 Å². The molecule has 2 amide bonds. The van der Waals surface area contributed by atoms with Gasteiger partial charge in [0.1, 0.15) is 5.71 Å². The lowest BCUT2D eigenvalue weighted by Crippen LogP contribution is -2.39. The maximum atomic E-state index is 11.0. The minimum atomic E-state index is -0.841. The summed E-state index contributed by atoms with van der Waals surface area (Å²) in [5.74, 6) is -1.10. The summed E-state index contributed by atoms with van der Waals surface area (Å²) in [5, 5.41) is 0. The molecule has 0 aromatic rings. The highest BCUT2D eigenvalue weighted by atomic mass is 16.2. The second-order valence-electron chi connectivity index (χ2n) is 3.21. The van der Waals surface area contributed by atoms with Crippen molar-refractivity contribution in [3.05, 3.63) is 12.3 Å². The van der Waals surface area contributed by atoms with Crippen molar-refractivity contribution in [1.29, 1.82) is 0 Å². The van der Waals surface area contributed by atoms with E-state index in [1.165, 1.54) is 6.20 Å². The van der Waals surface area contributed by atoms with Crippen molar-refractivity contribution in [3.63, 3.8) is 0 Å². The zero-order chi connectivity index (χ0) is 10.1. The smallest absolute Gasteiger partial charge is 0.263 e. The fourth-order valence-corrected chi connectivity index (χ4v) is 1.06. The zero-order valence-corrected chi connectivity index (χ0v) is 7.28. The normalized spacial score (nSPS) is 26.7. The van der Waals surface area contributed by atoms with E-state index in [-0.39, 0.29) is 12.1 Å². The number of carbonyl (C=O) groups excluding carboxylic acids is 2. The van der Waals surface area contributed by atoms with E-state index in [9.17, 15) is 9.59 Å². The molecule has 0 fully saturated rings. The van der Waals surface area contributed by atoms with E-state index in [0.717, 1.165) is 0 Å². The lowest BCUT2D eigenvalue weighted by molar-refractivity contribution is -0.124. The van der Waals surface area contributed by atoms with Crippen LogP contribution in [-0.4, -0.2) is 17.5 Å². The van der Waals surface area contributed by atoms with E-state index in [4.69, 9.17) is 11.5 Å². The average molecular weight is 181 g/mol. The van der Waals surface area contributed by atoms with Gasteiger partial charge >= 0.3 is 0 Å². The highest BCUT2D eigenvalue weighted by molar-refractivity contribution is 6.39. The minimum Gasteiger partial charge on any atom is -0.369 e. The van der Waals surface area contributed by atoms with Gasteiger partial charge in [-0.2, -0.15) is 0 Å². The largest absolute Gasteiger partial charge is 0.369 e. The Labute approximate surface area is 75.5 Å². The van der Waals surface area contributed by atoms with Crippen molar-refractivity contribution in [2.24, 2.45) is 21.9 Å². The Morgan fingerprint density at radius 2 is 2.15 bits per heavy atom. The third-order valence-corrected chi connectivity index (χ3v) is 2.05. The Bertz CT molecular complexity index is 319. The fraction of sp³-hybridized carbons (Fsp3) is 0.375. The van der Waals surface area contributed by atoms with Crippen LogP contribution in [0.5, 0.6) is 0 Å². The van der Waals surface area contributed by atoms with E-state index >= 15 is 0 Å². The van der Waals surface area contributed by atoms with Crippen molar-refractivity contribution in [2.45, 2.75) is 13.3 Å². The molecule has 1 atom stereocenters. The standard InChI is InChI=1S/C8H11N3O2/c1-8(7(10)13)2-3-11-5(4-8)6(9)12/h2-3H,4H2,1H3,(H2,9,12)(H2,10,13). The van der Waals surface area contributed by atoms with Crippen LogP contribution in [0.4, 0.5) is 0 Å². The lowest BCUT2D eigenvalue weighted by Gasteiger charge is -2.23. The summed E-state index contributed by atoms with van der Waals surface area (Å²) < 4.78 is 0. The molecule has 70 valence electrons. The molecule has 1 aliphatic heterocycles. The predicted molar refractivity (Wildman–Crippen MR) is 47.7 cm³/mol. The van der Waals surface area contributed by atoms with E-state index in [0.29, 0.717) is 0 Å². The first-order valence-corrected chi connectivity index (χ1v) is 3.80. The van der Waals surface area contributed by atoms with Crippen LogP contribution in [-0.2, 0) is 9.59 Å². The minimum absolute atomic E-state index is 0.175. The number of hydrogen-bond acceptors (Lipinski definition) is 3. The second kappa shape index (κ2) is 3.01. The molecule has 5 nitrogen and oxygen atoms in total.